The fraction of sp³-hybridized carbons (Fsp3) is 0.476. The molecule has 7 heteroatoms. The molecule has 2 saturated heterocycles. The number of pyridine rings is 1. The van der Waals surface area contributed by atoms with Gasteiger partial charge in [-0.2, -0.15) is 0 Å². The van der Waals surface area contributed by atoms with Crippen molar-refractivity contribution in [2.45, 2.75) is 32.2 Å². The second-order valence-electron chi connectivity index (χ2n) is 7.48. The monoisotopic (exact) mass is 398 g/mol. The van der Waals surface area contributed by atoms with Crippen molar-refractivity contribution in [1.82, 2.24) is 15.2 Å². The number of amides is 2. The third-order valence-electron chi connectivity index (χ3n) is 5.59. The summed E-state index contributed by atoms with van der Waals surface area (Å²) in [6.07, 6.45) is 5.76. The van der Waals surface area contributed by atoms with Gasteiger partial charge >= 0.3 is 0 Å². The van der Waals surface area contributed by atoms with Gasteiger partial charge in [0.2, 0.25) is 5.91 Å². The average molecular weight is 399 g/mol. The first kappa shape index (κ1) is 18.9. The maximum Gasteiger partial charge on any atom is 0.263 e. The lowest BCUT2D eigenvalue weighted by molar-refractivity contribution is -0.126. The average Bonchev–Trinajstić information content (AvgIpc) is 3.46. The van der Waals surface area contributed by atoms with Gasteiger partial charge in [0, 0.05) is 44.8 Å². The van der Waals surface area contributed by atoms with Crippen molar-refractivity contribution in [3.05, 3.63) is 46.3 Å². The molecule has 2 fully saturated rings. The molecule has 0 aliphatic carbocycles. The number of thiophene rings is 1. The molecule has 0 atom stereocenters. The highest BCUT2D eigenvalue weighted by Crippen LogP contribution is 2.21. The Hall–Kier alpha value is -2.41. The summed E-state index contributed by atoms with van der Waals surface area (Å²) in [5, 5.41) is 4.95. The first-order valence-corrected chi connectivity index (χ1v) is 10.9. The standard InChI is InChI=1S/C21H26N4O2S/c26-20(17-7-11-25(12-8-17)21(27)18-4-3-13-28-18)23-15-16-5-6-19(22-14-16)24-9-1-2-10-24/h3-6,13-14,17H,1-2,7-12,15H2,(H,23,26). The molecule has 4 rings (SSSR count). The molecule has 0 saturated carbocycles. The van der Waals surface area contributed by atoms with Crippen molar-refractivity contribution in [2.24, 2.45) is 5.92 Å². The lowest BCUT2D eigenvalue weighted by Crippen LogP contribution is -2.42. The normalized spacial score (nSPS) is 17.7. The van der Waals surface area contributed by atoms with Crippen molar-refractivity contribution in [1.29, 1.82) is 0 Å². The van der Waals surface area contributed by atoms with Gasteiger partial charge in [-0.3, -0.25) is 9.59 Å². The van der Waals surface area contributed by atoms with Crippen LogP contribution >= 0.6 is 11.3 Å². The molecule has 2 aliphatic rings. The van der Waals surface area contributed by atoms with Crippen LogP contribution in [-0.4, -0.2) is 47.9 Å². The van der Waals surface area contributed by atoms with Gasteiger partial charge in [-0.05, 0) is 48.8 Å². The summed E-state index contributed by atoms with van der Waals surface area (Å²) in [7, 11) is 0. The molecule has 0 bridgehead atoms. The summed E-state index contributed by atoms with van der Waals surface area (Å²) in [5.41, 5.74) is 1.02. The van der Waals surface area contributed by atoms with E-state index in [0.717, 1.165) is 42.2 Å². The number of carbonyl (C=O) groups is 2. The van der Waals surface area contributed by atoms with Crippen LogP contribution in [0.15, 0.2) is 35.8 Å². The lowest BCUT2D eigenvalue weighted by Gasteiger charge is -2.31. The first-order valence-electron chi connectivity index (χ1n) is 10.0. The van der Waals surface area contributed by atoms with Crippen molar-refractivity contribution >= 4 is 29.0 Å². The van der Waals surface area contributed by atoms with E-state index in [9.17, 15) is 9.59 Å². The topological polar surface area (TPSA) is 65.5 Å². The summed E-state index contributed by atoms with van der Waals surface area (Å²) >= 11 is 1.47. The minimum atomic E-state index is -0.0239. The number of hydrogen-bond acceptors (Lipinski definition) is 5. The van der Waals surface area contributed by atoms with Gasteiger partial charge in [-0.1, -0.05) is 12.1 Å². The van der Waals surface area contributed by atoms with Crippen LogP contribution in [0.5, 0.6) is 0 Å². The quantitative estimate of drug-likeness (QED) is 0.841. The van der Waals surface area contributed by atoms with Crippen LogP contribution < -0.4 is 10.2 Å². The van der Waals surface area contributed by atoms with E-state index in [1.165, 1.54) is 24.2 Å². The Morgan fingerprint density at radius 1 is 1.11 bits per heavy atom. The van der Waals surface area contributed by atoms with Crippen molar-refractivity contribution in [3.8, 4) is 0 Å². The molecule has 6 nitrogen and oxygen atoms in total. The van der Waals surface area contributed by atoms with Gasteiger partial charge in [-0.15, -0.1) is 11.3 Å². The number of anilines is 1. The van der Waals surface area contributed by atoms with Crippen LogP contribution in [0.4, 0.5) is 5.82 Å². The fourth-order valence-corrected chi connectivity index (χ4v) is 4.58. The molecule has 0 aromatic carbocycles. The van der Waals surface area contributed by atoms with E-state index in [4.69, 9.17) is 0 Å². The number of nitrogens with zero attached hydrogens (tertiary/aromatic N) is 3. The highest BCUT2D eigenvalue weighted by atomic mass is 32.1. The van der Waals surface area contributed by atoms with E-state index in [0.29, 0.717) is 19.6 Å². The van der Waals surface area contributed by atoms with Crippen molar-refractivity contribution in [2.75, 3.05) is 31.1 Å². The Morgan fingerprint density at radius 2 is 1.89 bits per heavy atom. The Morgan fingerprint density at radius 3 is 2.54 bits per heavy atom. The maximum atomic E-state index is 12.5. The Balaban J connectivity index is 1.23. The molecule has 2 aromatic rings. The van der Waals surface area contributed by atoms with Crippen LogP contribution in [0, 0.1) is 5.92 Å². The number of carbonyl (C=O) groups excluding carboxylic acids is 2. The summed E-state index contributed by atoms with van der Waals surface area (Å²) in [6, 6.07) is 7.84. The molecule has 2 aromatic heterocycles. The number of hydrogen-bond donors (Lipinski definition) is 1. The number of piperidine rings is 1. The van der Waals surface area contributed by atoms with Gasteiger partial charge in [0.25, 0.3) is 5.91 Å². The zero-order chi connectivity index (χ0) is 19.3. The molecular formula is C21H26N4O2S. The fourth-order valence-electron chi connectivity index (χ4n) is 3.89. The van der Waals surface area contributed by atoms with Gasteiger partial charge < -0.3 is 15.1 Å². The van der Waals surface area contributed by atoms with E-state index in [1.54, 1.807) is 0 Å². The molecule has 4 heterocycles. The Bertz CT molecular complexity index is 792. The molecular weight excluding hydrogens is 372 g/mol. The predicted molar refractivity (Wildman–Crippen MR) is 110 cm³/mol. The third-order valence-corrected chi connectivity index (χ3v) is 6.45. The Kier molecular flexibility index (Phi) is 5.90. The summed E-state index contributed by atoms with van der Waals surface area (Å²) in [4.78, 5) is 34.4. The largest absolute Gasteiger partial charge is 0.357 e. The molecule has 1 N–H and O–H groups in total. The first-order chi connectivity index (χ1) is 13.7. The molecule has 0 radical (unpaired) electrons. The lowest BCUT2D eigenvalue weighted by atomic mass is 9.95. The Labute approximate surface area is 169 Å². The minimum absolute atomic E-state index is 0.0239. The van der Waals surface area contributed by atoms with E-state index < -0.39 is 0 Å². The van der Waals surface area contributed by atoms with E-state index in [-0.39, 0.29) is 17.7 Å². The minimum Gasteiger partial charge on any atom is -0.357 e. The van der Waals surface area contributed by atoms with Gasteiger partial charge in [0.15, 0.2) is 0 Å². The maximum absolute atomic E-state index is 12.5. The molecule has 0 spiro atoms. The number of nitrogens with one attached hydrogen (secondary N) is 1. The molecule has 28 heavy (non-hydrogen) atoms. The second-order valence-corrected chi connectivity index (χ2v) is 8.43. The summed E-state index contributed by atoms with van der Waals surface area (Å²) in [6.45, 7) is 3.94. The van der Waals surface area contributed by atoms with Crippen molar-refractivity contribution in [3.63, 3.8) is 0 Å². The van der Waals surface area contributed by atoms with E-state index in [2.05, 4.69) is 15.2 Å². The van der Waals surface area contributed by atoms with E-state index in [1.807, 2.05) is 40.7 Å². The van der Waals surface area contributed by atoms with Crippen LogP contribution in [0.1, 0.15) is 40.9 Å². The van der Waals surface area contributed by atoms with E-state index >= 15 is 0 Å². The predicted octanol–water partition coefficient (Wildman–Crippen LogP) is 2.91. The van der Waals surface area contributed by atoms with Gasteiger partial charge in [-0.25, -0.2) is 4.98 Å². The van der Waals surface area contributed by atoms with Crippen LogP contribution in [0.3, 0.4) is 0 Å². The van der Waals surface area contributed by atoms with Crippen LogP contribution in [0.2, 0.25) is 0 Å². The van der Waals surface area contributed by atoms with Gasteiger partial charge in [0.05, 0.1) is 4.88 Å². The molecule has 148 valence electrons. The molecule has 2 amide bonds. The van der Waals surface area contributed by atoms with Crippen LogP contribution in [0.25, 0.3) is 0 Å². The van der Waals surface area contributed by atoms with Gasteiger partial charge in [0.1, 0.15) is 5.82 Å². The zero-order valence-electron chi connectivity index (χ0n) is 16.0. The highest BCUT2D eigenvalue weighted by Gasteiger charge is 2.28. The van der Waals surface area contributed by atoms with Crippen LogP contribution in [-0.2, 0) is 11.3 Å². The summed E-state index contributed by atoms with van der Waals surface area (Å²) < 4.78 is 0. The third kappa shape index (κ3) is 4.35. The summed E-state index contributed by atoms with van der Waals surface area (Å²) in [5.74, 6) is 1.16. The number of likely N-dealkylation sites (tertiary alicyclic amines) is 1. The highest BCUT2D eigenvalue weighted by molar-refractivity contribution is 7.12. The number of rotatable bonds is 5. The zero-order valence-corrected chi connectivity index (χ0v) is 16.8. The number of aromatic nitrogens is 1. The smallest absolute Gasteiger partial charge is 0.263 e. The molecule has 0 unspecified atom stereocenters. The van der Waals surface area contributed by atoms with Crippen molar-refractivity contribution < 1.29 is 9.59 Å². The second kappa shape index (κ2) is 8.73. The SMILES string of the molecule is O=C(NCc1ccc(N2CCCC2)nc1)C1CCN(C(=O)c2cccs2)CC1. The molecule has 2 aliphatic heterocycles.